The number of amides is 1. The van der Waals surface area contributed by atoms with Crippen LogP contribution in [0, 0.1) is 5.82 Å². The summed E-state index contributed by atoms with van der Waals surface area (Å²) in [5.41, 5.74) is 1.82. The maximum Gasteiger partial charge on any atom is 0.242 e. The van der Waals surface area contributed by atoms with Gasteiger partial charge in [0.05, 0.1) is 0 Å². The highest BCUT2D eigenvalue weighted by Gasteiger charge is 2.32. The van der Waals surface area contributed by atoms with Gasteiger partial charge < -0.3 is 14.8 Å². The van der Waals surface area contributed by atoms with Crippen molar-refractivity contribution in [2.45, 2.75) is 38.4 Å². The first-order valence-corrected chi connectivity index (χ1v) is 9.32. The lowest BCUT2D eigenvalue weighted by molar-refractivity contribution is -0.127. The number of carbonyl (C=O) groups is 1. The fourth-order valence-corrected chi connectivity index (χ4v) is 3.34. The van der Waals surface area contributed by atoms with Gasteiger partial charge in [0, 0.05) is 12.6 Å². The van der Waals surface area contributed by atoms with E-state index in [2.05, 4.69) is 10.2 Å². The number of nitrogens with one attached hydrogen (secondary N) is 1. The number of nitrogens with zero attached hydrogens (tertiary/aromatic N) is 1. The highest BCUT2D eigenvalue weighted by Crippen LogP contribution is 2.34. The Kier molecular flexibility index (Phi) is 4.99. The molecule has 1 amide bonds. The third-order valence-electron chi connectivity index (χ3n) is 4.95. The van der Waals surface area contributed by atoms with Gasteiger partial charge in [-0.1, -0.05) is 25.1 Å². The number of fused-ring (bicyclic) bond motifs is 1. The van der Waals surface area contributed by atoms with E-state index in [1.165, 1.54) is 12.1 Å². The average Bonchev–Trinajstić information content (AvgIpc) is 3.36. The predicted molar refractivity (Wildman–Crippen MR) is 99.0 cm³/mol. The second-order valence-corrected chi connectivity index (χ2v) is 6.99. The Morgan fingerprint density at radius 1 is 1.19 bits per heavy atom. The van der Waals surface area contributed by atoms with E-state index < -0.39 is 6.04 Å². The van der Waals surface area contributed by atoms with Gasteiger partial charge in [0.1, 0.15) is 11.9 Å². The first kappa shape index (κ1) is 17.8. The molecule has 0 bridgehead atoms. The van der Waals surface area contributed by atoms with E-state index in [1.807, 2.05) is 25.1 Å². The summed E-state index contributed by atoms with van der Waals surface area (Å²) in [5.74, 6) is 1.12. The lowest BCUT2D eigenvalue weighted by Crippen LogP contribution is -2.41. The van der Waals surface area contributed by atoms with E-state index in [4.69, 9.17) is 9.47 Å². The van der Waals surface area contributed by atoms with Gasteiger partial charge in [-0.2, -0.15) is 0 Å². The molecule has 1 aliphatic carbocycles. The van der Waals surface area contributed by atoms with Crippen LogP contribution in [0.4, 0.5) is 4.39 Å². The molecule has 6 heteroatoms. The molecule has 5 nitrogen and oxygen atoms in total. The third kappa shape index (κ3) is 4.06. The van der Waals surface area contributed by atoms with Gasteiger partial charge in [-0.3, -0.25) is 9.69 Å². The van der Waals surface area contributed by atoms with Crippen LogP contribution < -0.4 is 14.8 Å². The van der Waals surface area contributed by atoms with Crippen LogP contribution in [-0.2, 0) is 11.3 Å². The Hall–Kier alpha value is -2.60. The zero-order chi connectivity index (χ0) is 18.8. The zero-order valence-corrected chi connectivity index (χ0v) is 15.3. The van der Waals surface area contributed by atoms with Crippen LogP contribution in [-0.4, -0.2) is 30.2 Å². The molecule has 1 saturated carbocycles. The number of likely N-dealkylation sites (N-methyl/N-ethyl adjacent to an activating group) is 1. The number of benzene rings is 2. The van der Waals surface area contributed by atoms with E-state index in [9.17, 15) is 9.18 Å². The van der Waals surface area contributed by atoms with Gasteiger partial charge in [0.25, 0.3) is 0 Å². The highest BCUT2D eigenvalue weighted by molar-refractivity contribution is 5.83. The Bertz CT molecular complexity index is 821. The molecule has 0 aromatic heterocycles. The fourth-order valence-electron chi connectivity index (χ4n) is 3.34. The predicted octanol–water partition coefficient (Wildman–Crippen LogP) is 3.40. The van der Waals surface area contributed by atoms with Crippen molar-refractivity contribution in [3.8, 4) is 11.5 Å². The summed E-state index contributed by atoms with van der Waals surface area (Å²) in [5, 5.41) is 3.09. The molecule has 1 unspecified atom stereocenters. The van der Waals surface area contributed by atoms with E-state index in [1.54, 1.807) is 12.1 Å². The highest BCUT2D eigenvalue weighted by atomic mass is 19.1. The van der Waals surface area contributed by atoms with Crippen LogP contribution in [0.2, 0.25) is 0 Å². The van der Waals surface area contributed by atoms with E-state index in [0.717, 1.165) is 35.5 Å². The molecular weight excluding hydrogens is 347 g/mol. The Morgan fingerprint density at radius 2 is 1.93 bits per heavy atom. The van der Waals surface area contributed by atoms with Crippen molar-refractivity contribution in [2.24, 2.45) is 0 Å². The summed E-state index contributed by atoms with van der Waals surface area (Å²) in [4.78, 5) is 15.1. The number of halogens is 1. The maximum absolute atomic E-state index is 13.4. The van der Waals surface area contributed by atoms with Gasteiger partial charge in [-0.25, -0.2) is 4.39 Å². The zero-order valence-electron chi connectivity index (χ0n) is 15.3. The summed E-state index contributed by atoms with van der Waals surface area (Å²) < 4.78 is 24.2. The molecule has 2 aliphatic rings. The van der Waals surface area contributed by atoms with Crippen molar-refractivity contribution in [3.63, 3.8) is 0 Å². The van der Waals surface area contributed by atoms with Gasteiger partial charge >= 0.3 is 0 Å². The second kappa shape index (κ2) is 7.56. The molecule has 1 N–H and O–H groups in total. The summed E-state index contributed by atoms with van der Waals surface area (Å²) in [7, 11) is 0. The summed E-state index contributed by atoms with van der Waals surface area (Å²) in [6, 6.07) is 11.8. The topological polar surface area (TPSA) is 50.8 Å². The fraction of sp³-hybridized carbons (Fsp3) is 0.381. The van der Waals surface area contributed by atoms with Crippen LogP contribution in [0.1, 0.15) is 36.9 Å². The first-order chi connectivity index (χ1) is 13.1. The molecule has 0 radical (unpaired) electrons. The summed E-state index contributed by atoms with van der Waals surface area (Å²) >= 11 is 0. The normalized spacial score (nSPS) is 16.4. The van der Waals surface area contributed by atoms with Gasteiger partial charge in [-0.05, 0) is 54.8 Å². The quantitative estimate of drug-likeness (QED) is 0.812. The number of hydrogen-bond acceptors (Lipinski definition) is 4. The van der Waals surface area contributed by atoms with E-state index in [-0.39, 0.29) is 24.6 Å². The van der Waals surface area contributed by atoms with Gasteiger partial charge in [0.15, 0.2) is 11.5 Å². The maximum atomic E-state index is 13.4. The molecule has 27 heavy (non-hydrogen) atoms. The van der Waals surface area contributed by atoms with Crippen molar-refractivity contribution < 1.29 is 18.7 Å². The molecule has 4 rings (SSSR count). The molecule has 1 aliphatic heterocycles. The number of carbonyl (C=O) groups excluding carboxylic acids is 1. The van der Waals surface area contributed by atoms with Gasteiger partial charge in [-0.15, -0.1) is 0 Å². The molecule has 1 fully saturated rings. The van der Waals surface area contributed by atoms with Gasteiger partial charge in [0.2, 0.25) is 12.7 Å². The van der Waals surface area contributed by atoms with E-state index >= 15 is 0 Å². The minimum Gasteiger partial charge on any atom is -0.454 e. The molecule has 2 aromatic carbocycles. The summed E-state index contributed by atoms with van der Waals surface area (Å²) in [6.45, 7) is 3.51. The van der Waals surface area contributed by atoms with Crippen LogP contribution in [0.5, 0.6) is 11.5 Å². The molecule has 1 atom stereocenters. The number of hydrogen-bond donors (Lipinski definition) is 1. The van der Waals surface area contributed by atoms with Crippen LogP contribution in [0.25, 0.3) is 0 Å². The number of rotatable bonds is 7. The minimum absolute atomic E-state index is 0.0355. The smallest absolute Gasteiger partial charge is 0.242 e. The summed E-state index contributed by atoms with van der Waals surface area (Å²) in [6.07, 6.45) is 2.05. The molecule has 1 heterocycles. The second-order valence-electron chi connectivity index (χ2n) is 6.99. The van der Waals surface area contributed by atoms with Crippen molar-refractivity contribution in [1.82, 2.24) is 10.2 Å². The Morgan fingerprint density at radius 3 is 2.63 bits per heavy atom. The van der Waals surface area contributed by atoms with Crippen LogP contribution in [0.15, 0.2) is 42.5 Å². The molecule has 0 spiro atoms. The monoisotopic (exact) mass is 370 g/mol. The standard InChI is InChI=1S/C21H23FN2O3/c1-2-24(12-14-3-10-18-19(11-14)27-13-26-18)20(21(25)23-17-8-9-17)15-4-6-16(22)7-5-15/h3-7,10-11,17,20H,2,8-9,12-13H2,1H3,(H,23,25). The lowest BCUT2D eigenvalue weighted by Gasteiger charge is -2.30. The third-order valence-corrected chi connectivity index (χ3v) is 4.95. The van der Waals surface area contributed by atoms with Crippen molar-refractivity contribution >= 4 is 5.91 Å². The van der Waals surface area contributed by atoms with Crippen LogP contribution in [0.3, 0.4) is 0 Å². The SMILES string of the molecule is CCN(Cc1ccc2c(c1)OCO2)C(C(=O)NC1CC1)c1ccc(F)cc1. The molecule has 0 saturated heterocycles. The molecule has 142 valence electrons. The van der Waals surface area contributed by atoms with Crippen molar-refractivity contribution in [1.29, 1.82) is 0 Å². The molecule has 2 aromatic rings. The Labute approximate surface area is 158 Å². The van der Waals surface area contributed by atoms with E-state index in [0.29, 0.717) is 13.1 Å². The van der Waals surface area contributed by atoms with Crippen molar-refractivity contribution in [3.05, 3.63) is 59.4 Å². The molecular formula is C21H23FN2O3. The van der Waals surface area contributed by atoms with Crippen LogP contribution >= 0.6 is 0 Å². The largest absolute Gasteiger partial charge is 0.454 e. The first-order valence-electron chi connectivity index (χ1n) is 9.32. The minimum atomic E-state index is -0.471. The number of ether oxygens (including phenoxy) is 2. The van der Waals surface area contributed by atoms with Crippen molar-refractivity contribution in [2.75, 3.05) is 13.3 Å². The average molecular weight is 370 g/mol. The lowest BCUT2D eigenvalue weighted by atomic mass is 10.0. The Balaban J connectivity index is 1.59.